The van der Waals surface area contributed by atoms with Crippen molar-refractivity contribution in [2.75, 3.05) is 16.8 Å². The van der Waals surface area contributed by atoms with Crippen molar-refractivity contribution in [3.63, 3.8) is 0 Å². The van der Waals surface area contributed by atoms with Gasteiger partial charge in [-0.1, -0.05) is 31.2 Å². The smallest absolute Gasteiger partial charge is 0.322 e. The third-order valence-electron chi connectivity index (χ3n) is 6.60. The Morgan fingerprint density at radius 2 is 1.72 bits per heavy atom. The number of anilines is 2. The Kier molecular flexibility index (Phi) is 6.38. The molecule has 3 amide bonds. The molecule has 0 saturated heterocycles. The minimum absolute atomic E-state index is 0.0806. The topological polar surface area (TPSA) is 70.7 Å². The molecule has 0 radical (unpaired) electrons. The number of hydrogen-bond donors (Lipinski definition) is 1. The van der Waals surface area contributed by atoms with E-state index in [-0.39, 0.29) is 24.5 Å². The zero-order chi connectivity index (χ0) is 25.2. The lowest BCUT2D eigenvalue weighted by Crippen LogP contribution is -2.49. The van der Waals surface area contributed by atoms with Crippen molar-refractivity contribution in [1.29, 1.82) is 0 Å². The van der Waals surface area contributed by atoms with Gasteiger partial charge in [-0.05, 0) is 74.4 Å². The van der Waals surface area contributed by atoms with Gasteiger partial charge in [0.25, 0.3) is 0 Å². The molecule has 0 aliphatic carbocycles. The number of carbonyl (C=O) groups is 2. The molecule has 1 aliphatic rings. The Morgan fingerprint density at radius 3 is 2.39 bits per heavy atom. The van der Waals surface area contributed by atoms with Gasteiger partial charge in [0.2, 0.25) is 5.91 Å². The quantitative estimate of drug-likeness (QED) is 0.366. The van der Waals surface area contributed by atoms with Crippen LogP contribution in [0.3, 0.4) is 0 Å². The van der Waals surface area contributed by atoms with Crippen LogP contribution in [0.2, 0.25) is 0 Å². The van der Waals surface area contributed by atoms with Crippen molar-refractivity contribution >= 4 is 23.3 Å². The van der Waals surface area contributed by atoms with Gasteiger partial charge in [0.15, 0.2) is 0 Å². The molecule has 5 rings (SSSR count). The number of nitrogens with one attached hydrogen (secondary N) is 1. The summed E-state index contributed by atoms with van der Waals surface area (Å²) in [5.74, 6) is 0.468. The first kappa shape index (κ1) is 23.5. The highest BCUT2D eigenvalue weighted by atomic mass is 16.3. The Bertz CT molecular complexity index is 1360. The SMILES string of the molecule is CCc1ccc(NC(=O)N(CC(=O)N2c3ccccc3-n3cccc3C2c2ccco2)C(C)C)cc1. The summed E-state index contributed by atoms with van der Waals surface area (Å²) in [4.78, 5) is 30.6. The number of rotatable bonds is 6. The zero-order valence-corrected chi connectivity index (χ0v) is 20.7. The van der Waals surface area contributed by atoms with Crippen LogP contribution in [0.1, 0.15) is 43.8 Å². The molecular weight excluding hydrogens is 452 g/mol. The number of benzene rings is 2. The predicted octanol–water partition coefficient (Wildman–Crippen LogP) is 6.01. The first-order valence-corrected chi connectivity index (χ1v) is 12.3. The molecule has 1 aliphatic heterocycles. The molecule has 7 heteroatoms. The second kappa shape index (κ2) is 9.77. The van der Waals surface area contributed by atoms with Gasteiger partial charge in [-0.2, -0.15) is 0 Å². The first-order chi connectivity index (χ1) is 17.5. The van der Waals surface area contributed by atoms with Crippen molar-refractivity contribution < 1.29 is 14.0 Å². The Labute approximate surface area is 210 Å². The highest BCUT2D eigenvalue weighted by molar-refractivity contribution is 6.01. The van der Waals surface area contributed by atoms with Crippen LogP contribution in [0.5, 0.6) is 0 Å². The van der Waals surface area contributed by atoms with Gasteiger partial charge >= 0.3 is 6.03 Å². The van der Waals surface area contributed by atoms with Crippen LogP contribution in [0.15, 0.2) is 89.7 Å². The van der Waals surface area contributed by atoms with Gasteiger partial charge in [0.05, 0.1) is 23.3 Å². The highest BCUT2D eigenvalue weighted by Crippen LogP contribution is 2.42. The molecule has 0 bridgehead atoms. The number of nitrogens with zero attached hydrogens (tertiary/aromatic N) is 3. The number of aromatic nitrogens is 1. The lowest BCUT2D eigenvalue weighted by molar-refractivity contribution is -0.120. The average Bonchev–Trinajstić information content (AvgIpc) is 3.59. The van der Waals surface area contributed by atoms with Crippen molar-refractivity contribution in [2.24, 2.45) is 0 Å². The summed E-state index contributed by atoms with van der Waals surface area (Å²) in [5.41, 5.74) is 4.50. The second-order valence-electron chi connectivity index (χ2n) is 9.18. The highest BCUT2D eigenvalue weighted by Gasteiger charge is 2.38. The lowest BCUT2D eigenvalue weighted by atomic mass is 10.0. The number of carbonyl (C=O) groups excluding carboxylic acids is 2. The monoisotopic (exact) mass is 482 g/mol. The normalized spacial score (nSPS) is 14.3. The molecule has 0 spiro atoms. The van der Waals surface area contributed by atoms with E-state index in [1.165, 1.54) is 5.56 Å². The number of para-hydroxylation sites is 2. The molecule has 1 atom stereocenters. The molecule has 7 nitrogen and oxygen atoms in total. The number of aryl methyl sites for hydroxylation is 1. The first-order valence-electron chi connectivity index (χ1n) is 12.3. The maximum absolute atomic E-state index is 14.0. The fourth-order valence-electron chi connectivity index (χ4n) is 4.71. The van der Waals surface area contributed by atoms with Crippen LogP contribution in [-0.2, 0) is 11.2 Å². The molecule has 184 valence electrons. The third-order valence-corrected chi connectivity index (χ3v) is 6.60. The van der Waals surface area contributed by atoms with Gasteiger partial charge in [-0.3, -0.25) is 9.69 Å². The van der Waals surface area contributed by atoms with E-state index >= 15 is 0 Å². The van der Waals surface area contributed by atoms with Crippen LogP contribution in [0.4, 0.5) is 16.2 Å². The molecule has 2 aromatic carbocycles. The zero-order valence-electron chi connectivity index (χ0n) is 20.7. The van der Waals surface area contributed by atoms with Gasteiger partial charge < -0.3 is 19.2 Å². The Morgan fingerprint density at radius 1 is 0.972 bits per heavy atom. The molecule has 3 heterocycles. The summed E-state index contributed by atoms with van der Waals surface area (Å²) in [6.45, 7) is 5.83. The molecule has 0 fully saturated rings. The van der Waals surface area contributed by atoms with E-state index in [1.54, 1.807) is 16.1 Å². The van der Waals surface area contributed by atoms with Crippen LogP contribution in [-0.4, -0.2) is 34.0 Å². The second-order valence-corrected chi connectivity index (χ2v) is 9.18. The van der Waals surface area contributed by atoms with E-state index in [1.807, 2.05) is 92.8 Å². The van der Waals surface area contributed by atoms with Crippen molar-refractivity contribution in [3.8, 4) is 5.69 Å². The van der Waals surface area contributed by atoms with Crippen LogP contribution >= 0.6 is 0 Å². The minimum Gasteiger partial charge on any atom is -0.467 e. The summed E-state index contributed by atoms with van der Waals surface area (Å²) in [5, 5.41) is 2.95. The van der Waals surface area contributed by atoms with Gasteiger partial charge in [-0.25, -0.2) is 4.79 Å². The van der Waals surface area contributed by atoms with Crippen LogP contribution in [0, 0.1) is 0 Å². The van der Waals surface area contributed by atoms with E-state index in [9.17, 15) is 9.59 Å². The number of fused-ring (bicyclic) bond motifs is 3. The fourth-order valence-corrected chi connectivity index (χ4v) is 4.71. The minimum atomic E-state index is -0.448. The van der Waals surface area contributed by atoms with Gasteiger partial charge in [0.1, 0.15) is 18.3 Å². The largest absolute Gasteiger partial charge is 0.467 e. The van der Waals surface area contributed by atoms with E-state index in [0.717, 1.165) is 23.5 Å². The maximum Gasteiger partial charge on any atom is 0.322 e. The average molecular weight is 483 g/mol. The molecule has 1 unspecified atom stereocenters. The summed E-state index contributed by atoms with van der Waals surface area (Å²) in [7, 11) is 0. The number of amides is 3. The molecule has 2 aromatic heterocycles. The number of hydrogen-bond acceptors (Lipinski definition) is 3. The summed E-state index contributed by atoms with van der Waals surface area (Å²) >= 11 is 0. The Balaban J connectivity index is 1.46. The fraction of sp³-hybridized carbons (Fsp3) is 0.241. The summed E-state index contributed by atoms with van der Waals surface area (Å²) in [6, 6.07) is 22.3. The van der Waals surface area contributed by atoms with E-state index in [2.05, 4.69) is 16.8 Å². The molecule has 0 saturated carbocycles. The maximum atomic E-state index is 14.0. The molecule has 4 aromatic rings. The van der Waals surface area contributed by atoms with Crippen LogP contribution in [0.25, 0.3) is 5.69 Å². The molecule has 1 N–H and O–H groups in total. The number of urea groups is 1. The summed E-state index contributed by atoms with van der Waals surface area (Å²) in [6.07, 6.45) is 4.53. The van der Waals surface area contributed by atoms with Gasteiger partial charge in [-0.15, -0.1) is 0 Å². The van der Waals surface area contributed by atoms with Crippen molar-refractivity contribution in [1.82, 2.24) is 9.47 Å². The third kappa shape index (κ3) is 4.28. The predicted molar refractivity (Wildman–Crippen MR) is 140 cm³/mol. The summed E-state index contributed by atoms with van der Waals surface area (Å²) < 4.78 is 7.87. The lowest BCUT2D eigenvalue weighted by Gasteiger charge is -2.38. The van der Waals surface area contributed by atoms with E-state index in [0.29, 0.717) is 11.4 Å². The van der Waals surface area contributed by atoms with Gasteiger partial charge in [0, 0.05) is 17.9 Å². The van der Waals surface area contributed by atoms with Crippen LogP contribution < -0.4 is 10.2 Å². The van der Waals surface area contributed by atoms with E-state index in [4.69, 9.17) is 4.42 Å². The number of furan rings is 1. The van der Waals surface area contributed by atoms with Crippen molar-refractivity contribution in [2.45, 2.75) is 39.3 Å². The van der Waals surface area contributed by atoms with Crippen molar-refractivity contribution in [3.05, 3.63) is 102 Å². The molecule has 36 heavy (non-hydrogen) atoms. The standard InChI is InChI=1S/C29H30N4O3/c1-4-21-13-15-22(16-14-21)30-29(35)32(20(2)3)19-27(34)33-24-10-6-5-9-23(24)31-17-7-11-25(31)28(33)26-12-8-18-36-26/h5-18,20,28H,4,19H2,1-3H3,(H,30,35). The molecular formula is C29H30N4O3. The Hall–Kier alpha value is -4.26. The van der Waals surface area contributed by atoms with E-state index < -0.39 is 6.04 Å².